The molecule has 1 unspecified atom stereocenters. The summed E-state index contributed by atoms with van der Waals surface area (Å²) in [6.07, 6.45) is 0.0273. The number of rotatable bonds is 1. The highest BCUT2D eigenvalue weighted by molar-refractivity contribution is 8.00. The van der Waals surface area contributed by atoms with Gasteiger partial charge in [0.1, 0.15) is 5.25 Å². The molecule has 0 amide bonds. The molecule has 86 valence electrons. The summed E-state index contributed by atoms with van der Waals surface area (Å²) in [5, 5.41) is 8.85. The first-order valence-corrected chi connectivity index (χ1v) is 6.00. The molecule has 1 aliphatic rings. The highest BCUT2D eigenvalue weighted by Gasteiger charge is 2.38. The molecule has 0 radical (unpaired) electrons. The predicted octanol–water partition coefficient (Wildman–Crippen LogP) is 1.04. The molecular formula is C11H9N2O3S+. The van der Waals surface area contributed by atoms with E-state index in [9.17, 15) is 9.59 Å². The van der Waals surface area contributed by atoms with E-state index in [0.29, 0.717) is 5.16 Å². The van der Waals surface area contributed by atoms with Crippen molar-refractivity contribution in [2.24, 2.45) is 0 Å². The molecule has 6 heteroatoms. The second-order valence-electron chi connectivity index (χ2n) is 3.83. The van der Waals surface area contributed by atoms with Crippen LogP contribution in [0.4, 0.5) is 0 Å². The Morgan fingerprint density at radius 2 is 2.24 bits per heavy atom. The van der Waals surface area contributed by atoms with Crippen LogP contribution in [0.5, 0.6) is 0 Å². The molecule has 0 spiro atoms. The van der Waals surface area contributed by atoms with Crippen molar-refractivity contribution < 1.29 is 19.7 Å². The molecule has 0 bridgehead atoms. The predicted molar refractivity (Wildman–Crippen MR) is 61.0 cm³/mol. The smallest absolute Gasteiger partial charge is 0.325 e. The summed E-state index contributed by atoms with van der Waals surface area (Å²) < 4.78 is 1.56. The number of carbonyl (C=O) groups excluding carboxylic acids is 1. The van der Waals surface area contributed by atoms with Gasteiger partial charge in [0.15, 0.2) is 11.0 Å². The minimum atomic E-state index is -0.951. The van der Waals surface area contributed by atoms with E-state index in [1.807, 2.05) is 24.3 Å². The van der Waals surface area contributed by atoms with E-state index < -0.39 is 11.2 Å². The number of thioether (sulfide) groups is 1. The largest absolute Gasteiger partial charge is 0.480 e. The number of hydrogen-bond acceptors (Lipinski definition) is 3. The third-order valence-corrected chi connectivity index (χ3v) is 3.89. The van der Waals surface area contributed by atoms with Crippen LogP contribution >= 0.6 is 11.8 Å². The van der Waals surface area contributed by atoms with Crippen LogP contribution in [0.25, 0.3) is 11.0 Å². The number of aromatic amines is 1. The van der Waals surface area contributed by atoms with Gasteiger partial charge < -0.3 is 5.11 Å². The van der Waals surface area contributed by atoms with Gasteiger partial charge in [-0.05, 0) is 23.9 Å². The van der Waals surface area contributed by atoms with Crippen molar-refractivity contribution in [1.82, 2.24) is 4.57 Å². The van der Waals surface area contributed by atoms with E-state index in [0.717, 1.165) is 11.0 Å². The number of nitrogens with one attached hydrogen (secondary N) is 1. The fourth-order valence-electron chi connectivity index (χ4n) is 1.95. The van der Waals surface area contributed by atoms with Crippen LogP contribution in [0.1, 0.15) is 11.2 Å². The maximum absolute atomic E-state index is 11.9. The van der Waals surface area contributed by atoms with E-state index in [2.05, 4.69) is 4.98 Å². The Bertz CT molecular complexity index is 635. The molecule has 2 N–H and O–H groups in total. The monoisotopic (exact) mass is 249 g/mol. The van der Waals surface area contributed by atoms with Crippen LogP contribution < -0.4 is 4.98 Å². The van der Waals surface area contributed by atoms with Gasteiger partial charge in [-0.3, -0.25) is 4.79 Å². The molecule has 1 atom stereocenters. The molecule has 0 fully saturated rings. The number of hydrogen-bond donors (Lipinski definition) is 1. The summed E-state index contributed by atoms with van der Waals surface area (Å²) in [6.45, 7) is 0. The number of fused-ring (bicyclic) bond motifs is 3. The van der Waals surface area contributed by atoms with Gasteiger partial charge in [-0.15, -0.1) is 0 Å². The first kappa shape index (κ1) is 10.3. The second kappa shape index (κ2) is 3.59. The Labute approximate surface area is 100 Å². The lowest BCUT2D eigenvalue weighted by molar-refractivity contribution is -0.398. The standard InChI is InChI=1S/C11H8N2O3S/c14-9-5-8(10(15)16)17-11-12-6-3-1-2-4-7(6)13(9)11/h1-4,8H,5H2,(H,15,16)/p+1. The minimum Gasteiger partial charge on any atom is -0.480 e. The maximum atomic E-state index is 11.9. The van der Waals surface area contributed by atoms with Crippen molar-refractivity contribution in [1.29, 1.82) is 0 Å². The molecule has 17 heavy (non-hydrogen) atoms. The van der Waals surface area contributed by atoms with Crippen LogP contribution in [0, 0.1) is 0 Å². The zero-order valence-electron chi connectivity index (χ0n) is 8.71. The Balaban J connectivity index is 2.18. The lowest BCUT2D eigenvalue weighted by atomic mass is 10.2. The van der Waals surface area contributed by atoms with Crippen LogP contribution in [0.2, 0.25) is 0 Å². The number of H-pyrrole nitrogens is 1. The van der Waals surface area contributed by atoms with E-state index in [4.69, 9.17) is 5.11 Å². The topological polar surface area (TPSA) is 73.4 Å². The Morgan fingerprint density at radius 1 is 1.47 bits per heavy atom. The molecular weight excluding hydrogens is 240 g/mol. The van der Waals surface area contributed by atoms with E-state index in [1.54, 1.807) is 4.57 Å². The number of carboxylic acids is 1. The summed E-state index contributed by atoms with van der Waals surface area (Å²) >= 11 is 1.18. The van der Waals surface area contributed by atoms with Crippen molar-refractivity contribution in [3.63, 3.8) is 0 Å². The molecule has 2 aromatic rings. The third kappa shape index (κ3) is 1.52. The summed E-state index contributed by atoms with van der Waals surface area (Å²) in [5.74, 6) is -1.13. The number of imidazole rings is 1. The molecule has 3 rings (SSSR count). The van der Waals surface area contributed by atoms with Gasteiger partial charge in [-0.2, -0.15) is 4.57 Å². The molecule has 0 saturated heterocycles. The first-order chi connectivity index (χ1) is 8.16. The summed E-state index contributed by atoms with van der Waals surface area (Å²) in [7, 11) is 0. The number of nitrogens with zero attached hydrogens (tertiary/aromatic N) is 1. The minimum absolute atomic E-state index is 0.0273. The number of aromatic nitrogens is 2. The van der Waals surface area contributed by atoms with Gasteiger partial charge in [0.25, 0.3) is 0 Å². The highest BCUT2D eigenvalue weighted by Crippen LogP contribution is 2.31. The van der Waals surface area contributed by atoms with Crippen molar-refractivity contribution in [3.05, 3.63) is 24.3 Å². The fraction of sp³-hybridized carbons (Fsp3) is 0.182. The van der Waals surface area contributed by atoms with Crippen LogP contribution in [0.3, 0.4) is 0 Å². The quantitative estimate of drug-likeness (QED) is 0.819. The summed E-state index contributed by atoms with van der Waals surface area (Å²) in [4.78, 5) is 25.9. The second-order valence-corrected chi connectivity index (χ2v) is 5.02. The lowest BCUT2D eigenvalue weighted by Gasteiger charge is -2.12. The molecule has 0 saturated carbocycles. The molecule has 1 aliphatic heterocycles. The zero-order valence-corrected chi connectivity index (χ0v) is 9.53. The fourth-order valence-corrected chi connectivity index (χ4v) is 3.02. The average Bonchev–Trinajstić information content (AvgIpc) is 2.67. The molecule has 5 nitrogen and oxygen atoms in total. The van der Waals surface area contributed by atoms with Gasteiger partial charge in [-0.1, -0.05) is 12.1 Å². The van der Waals surface area contributed by atoms with Gasteiger partial charge in [0, 0.05) is 0 Å². The van der Waals surface area contributed by atoms with E-state index in [-0.39, 0.29) is 12.3 Å². The van der Waals surface area contributed by atoms with Gasteiger partial charge in [0.05, 0.1) is 6.42 Å². The third-order valence-electron chi connectivity index (χ3n) is 2.73. The lowest BCUT2D eigenvalue weighted by Crippen LogP contribution is -2.30. The molecule has 0 aliphatic carbocycles. The highest BCUT2D eigenvalue weighted by atomic mass is 32.2. The van der Waals surface area contributed by atoms with Crippen LogP contribution in [-0.2, 0) is 4.79 Å². The summed E-state index contributed by atoms with van der Waals surface area (Å²) in [5.41, 5.74) is 1.64. The van der Waals surface area contributed by atoms with Crippen LogP contribution in [0.15, 0.2) is 29.4 Å². The number of benzene rings is 1. The van der Waals surface area contributed by atoms with Crippen molar-refractivity contribution >= 4 is 34.7 Å². The van der Waals surface area contributed by atoms with E-state index >= 15 is 0 Å². The van der Waals surface area contributed by atoms with Crippen molar-refractivity contribution in [3.8, 4) is 0 Å². The van der Waals surface area contributed by atoms with Crippen molar-refractivity contribution in [2.45, 2.75) is 16.8 Å². The Morgan fingerprint density at radius 3 is 3.00 bits per heavy atom. The van der Waals surface area contributed by atoms with Gasteiger partial charge in [0.2, 0.25) is 0 Å². The average molecular weight is 249 g/mol. The first-order valence-electron chi connectivity index (χ1n) is 5.12. The number of para-hydroxylation sites is 2. The maximum Gasteiger partial charge on any atom is 0.325 e. The number of carboxylic acid groups (broad SMARTS) is 1. The molecule has 1 aromatic carbocycles. The van der Waals surface area contributed by atoms with Crippen molar-refractivity contribution in [2.75, 3.05) is 0 Å². The van der Waals surface area contributed by atoms with Gasteiger partial charge >= 0.3 is 17.0 Å². The molecule has 2 heterocycles. The number of carbonyl (C=O) groups is 2. The summed E-state index contributed by atoms with van der Waals surface area (Å²) in [6, 6.07) is 7.43. The Hall–Kier alpha value is -1.82. The van der Waals surface area contributed by atoms with Gasteiger partial charge in [-0.25, -0.2) is 9.78 Å². The number of aliphatic carboxylic acids is 1. The van der Waals surface area contributed by atoms with E-state index in [1.165, 1.54) is 11.8 Å². The zero-order chi connectivity index (χ0) is 12.0. The Kier molecular flexibility index (Phi) is 2.19. The SMILES string of the molecule is O=C(O)C1CC(=O)n2c([nH+]c3ccccc32)S1. The normalized spacial score (nSPS) is 19.3. The molecule has 1 aromatic heterocycles. The van der Waals surface area contributed by atoms with Crippen LogP contribution in [-0.4, -0.2) is 26.8 Å².